The minimum atomic E-state index is -1.40. The predicted molar refractivity (Wildman–Crippen MR) is 334 cm³/mol. The van der Waals surface area contributed by atoms with E-state index in [2.05, 4.69) is 31.2 Å². The van der Waals surface area contributed by atoms with Crippen LogP contribution < -0.4 is 32.7 Å². The van der Waals surface area contributed by atoms with Gasteiger partial charge in [0.1, 0.15) is 87.7 Å². The number of aliphatic hydroxyl groups is 1. The fourth-order valence-corrected chi connectivity index (χ4v) is 15.3. The van der Waals surface area contributed by atoms with Crippen LogP contribution in [0.25, 0.3) is 43.4 Å². The normalized spacial score (nSPS) is 19.0. The Bertz CT molecular complexity index is 4220. The van der Waals surface area contributed by atoms with E-state index >= 15 is 4.79 Å². The van der Waals surface area contributed by atoms with Gasteiger partial charge in [0.05, 0.1) is 30.3 Å². The van der Waals surface area contributed by atoms with E-state index in [4.69, 9.17) is 41.1 Å². The number of aromatic hydroxyl groups is 1. The van der Waals surface area contributed by atoms with Crippen molar-refractivity contribution in [1.82, 2.24) is 61.1 Å². The van der Waals surface area contributed by atoms with Crippen molar-refractivity contribution in [3.63, 3.8) is 0 Å². The third-order valence-electron chi connectivity index (χ3n) is 14.5. The molecule has 0 aliphatic carbocycles. The smallest absolute Gasteiger partial charge is 0.407 e. The molecule has 462 valence electrons. The van der Waals surface area contributed by atoms with Crippen molar-refractivity contribution in [1.29, 1.82) is 0 Å². The minimum absolute atomic E-state index is 0.0332. The molecule has 1 fully saturated rings. The number of aliphatic hydroxyl groups excluding tert-OH is 1. The summed E-state index contributed by atoms with van der Waals surface area (Å²) in [6, 6.07) is 13.1. The number of aromatic nitrogens is 7. The Hall–Kier alpha value is -9.31. The van der Waals surface area contributed by atoms with Gasteiger partial charge in [0.25, 0.3) is 23.6 Å². The average molecular weight is 1330 g/mol. The SMILES string of the molecule is Cc1sc2nc1C(=O)N[C@@H]([C@H](OC(=O)NCCCC(=O)O)c1ccccc1)c1nc(cs1)C(=O)N[C@@H](Cc1ccc(O)cc1)C(=O)N1C[C@H](O)[C@H](C)[C@@H]1c1nc(cs1)-c1nc(cs1)-c1nc(-c3nc(C(N)=O)cs3)ccc1-c1nc(cs1)C(=O)N[C@H]2CC(N)=O. The molecule has 2 aliphatic heterocycles. The van der Waals surface area contributed by atoms with Gasteiger partial charge in [-0.15, -0.1) is 68.0 Å². The van der Waals surface area contributed by atoms with E-state index in [1.807, 2.05) is 0 Å². The quantitative estimate of drug-likeness (QED) is 0.0525. The number of aliphatic carboxylic acids is 1. The first kappa shape index (κ1) is 62.3. The van der Waals surface area contributed by atoms with Crippen LogP contribution in [0.15, 0.2) is 93.6 Å². The number of phenolic OH excluding ortho intramolecular Hbond substituents is 1. The Morgan fingerprint density at radius 3 is 2.09 bits per heavy atom. The van der Waals surface area contributed by atoms with Crippen LogP contribution in [-0.2, 0) is 25.5 Å². The van der Waals surface area contributed by atoms with Gasteiger partial charge in [-0.3, -0.25) is 33.6 Å². The van der Waals surface area contributed by atoms with Crippen molar-refractivity contribution in [3.05, 3.63) is 147 Å². The molecule has 90 heavy (non-hydrogen) atoms. The summed E-state index contributed by atoms with van der Waals surface area (Å²) in [4.78, 5) is 144. The second-order valence-electron chi connectivity index (χ2n) is 20.7. The Morgan fingerprint density at radius 2 is 1.36 bits per heavy atom. The number of thiazole rings is 6. The molecule has 0 saturated carbocycles. The molecule has 11 N–H and O–H groups in total. The molecular weight excluding hydrogens is 1280 g/mol. The number of primary amides is 2. The van der Waals surface area contributed by atoms with Gasteiger partial charge in [0.15, 0.2) is 6.10 Å². The highest BCUT2D eigenvalue weighted by atomic mass is 32.1. The van der Waals surface area contributed by atoms with Gasteiger partial charge in [0, 0.05) is 69.2 Å². The number of amides is 7. The van der Waals surface area contributed by atoms with Crippen LogP contribution in [0.4, 0.5) is 4.79 Å². The summed E-state index contributed by atoms with van der Waals surface area (Å²) in [5.41, 5.74) is 13.8. The Kier molecular flexibility index (Phi) is 18.6. The second-order valence-corrected chi connectivity index (χ2v) is 26.3. The summed E-state index contributed by atoms with van der Waals surface area (Å²) in [6.45, 7) is 3.17. The zero-order valence-corrected chi connectivity index (χ0v) is 52.1. The maximum Gasteiger partial charge on any atom is 0.407 e. The number of aryl methyl sites for hydroxylation is 1. The number of carboxylic acids is 1. The second kappa shape index (κ2) is 26.8. The van der Waals surface area contributed by atoms with Crippen LogP contribution in [0.2, 0.25) is 0 Å². The summed E-state index contributed by atoms with van der Waals surface area (Å²) in [6.07, 6.45) is -4.10. The van der Waals surface area contributed by atoms with E-state index in [1.54, 1.807) is 79.2 Å². The zero-order chi connectivity index (χ0) is 63.5. The van der Waals surface area contributed by atoms with Gasteiger partial charge in [-0.1, -0.05) is 49.4 Å². The summed E-state index contributed by atoms with van der Waals surface area (Å²) < 4.78 is 6.07. The van der Waals surface area contributed by atoms with Gasteiger partial charge in [-0.05, 0) is 48.7 Å². The number of nitrogens with one attached hydrogen (secondary N) is 4. The van der Waals surface area contributed by atoms with Gasteiger partial charge >= 0.3 is 12.1 Å². The van der Waals surface area contributed by atoms with Crippen LogP contribution in [0, 0.1) is 12.8 Å². The monoisotopic (exact) mass is 1330 g/mol. The Balaban J connectivity index is 1.02. The number of pyridine rings is 1. The van der Waals surface area contributed by atoms with E-state index in [0.717, 1.165) is 45.3 Å². The fraction of sp³-hybridized carbons (Fsp3) is 0.259. The molecule has 1 saturated heterocycles. The summed E-state index contributed by atoms with van der Waals surface area (Å²) in [7, 11) is 0. The zero-order valence-electron chi connectivity index (χ0n) is 47.2. The average Bonchev–Trinajstić information content (AvgIpc) is 1.72. The lowest BCUT2D eigenvalue weighted by molar-refractivity contribution is -0.137. The van der Waals surface area contributed by atoms with Crippen LogP contribution in [0.1, 0.15) is 123 Å². The number of alkyl carbamates (subject to hydrolysis) is 1. The van der Waals surface area contributed by atoms with Crippen molar-refractivity contribution in [3.8, 4) is 49.1 Å². The van der Waals surface area contributed by atoms with Crippen molar-refractivity contribution in [2.45, 2.75) is 75.9 Å². The highest BCUT2D eigenvalue weighted by Gasteiger charge is 2.46. The minimum Gasteiger partial charge on any atom is -0.508 e. The number of nitrogens with two attached hydrogens (primary N) is 2. The van der Waals surface area contributed by atoms with E-state index in [0.29, 0.717) is 64.4 Å². The molecule has 2 aromatic carbocycles. The first-order valence-electron chi connectivity index (χ1n) is 27.5. The number of benzene rings is 2. The van der Waals surface area contributed by atoms with Gasteiger partial charge < -0.3 is 57.7 Å². The van der Waals surface area contributed by atoms with Crippen molar-refractivity contribution >= 4 is 116 Å². The molecule has 0 radical (unpaired) electrons. The van der Waals surface area contributed by atoms with Gasteiger partial charge in [0.2, 0.25) is 11.8 Å². The maximum absolute atomic E-state index is 15.3. The molecule has 7 aromatic heterocycles. The van der Waals surface area contributed by atoms with Crippen molar-refractivity contribution in [2.24, 2.45) is 17.4 Å². The number of rotatable bonds is 13. The standard InChI is InChI=1S/C58H52N14O12S6/c1-25-39(74)19-72-45(25)56-69-38(24-89-56)53-65-34(20-86-53)43-30(14-15-31(62-43)52-66-35(21-87-52)47(60)78)51-67-36(22-85-51)48(79)63-32(18-40(59)75)54-71-42(26(2)90-54)50(81)70-44(46(28-7-4-3-5-8-28)84-58(83)61-16-6-9-41(76)77)55-68-37(23-88-55)49(80)64-33(57(72)82)17-27-10-12-29(73)13-11-27/h3-5,7-8,10-15,20-25,32-33,39,44-46,73-74H,6,9,16-19H2,1-2H3,(H2,59,75)(H2,60,78)(H,61,83)(H,63,79)(H,64,80)(H,70,81)(H,76,77)/t25-,32-,33-,39-,44-,45+,46+/m0/s1. The summed E-state index contributed by atoms with van der Waals surface area (Å²) in [5.74, 6) is -6.15. The number of carbonyl (C=O) groups is 8. The molecule has 9 aromatic rings. The van der Waals surface area contributed by atoms with Crippen molar-refractivity contribution in [2.75, 3.05) is 13.1 Å². The summed E-state index contributed by atoms with van der Waals surface area (Å²) >= 11 is 6.68. The molecular formula is C58H52N14O12S6. The van der Waals surface area contributed by atoms with E-state index < -0.39 is 96.2 Å². The van der Waals surface area contributed by atoms with Crippen LogP contribution >= 0.6 is 68.0 Å². The van der Waals surface area contributed by atoms with Crippen LogP contribution in [0.5, 0.6) is 5.75 Å². The number of fused-ring (bicyclic) bond motifs is 16. The van der Waals surface area contributed by atoms with Crippen LogP contribution in [0.3, 0.4) is 0 Å². The highest BCUT2D eigenvalue weighted by molar-refractivity contribution is 7.15. The summed E-state index contributed by atoms with van der Waals surface area (Å²) in [5, 5.41) is 51.9. The highest BCUT2D eigenvalue weighted by Crippen LogP contribution is 2.43. The molecule has 9 heterocycles. The lowest BCUT2D eigenvalue weighted by Gasteiger charge is -2.29. The topological polar surface area (TPSA) is 400 Å². The molecule has 26 nitrogen and oxygen atoms in total. The molecule has 7 atom stereocenters. The van der Waals surface area contributed by atoms with E-state index in [1.165, 1.54) is 55.8 Å². The number of carboxylic acid groups (broad SMARTS) is 1. The molecule has 0 spiro atoms. The van der Waals surface area contributed by atoms with Crippen LogP contribution in [-0.4, -0.2) is 128 Å². The molecule has 0 unspecified atom stereocenters. The fourth-order valence-electron chi connectivity index (χ4n) is 10.0. The lowest BCUT2D eigenvalue weighted by Crippen LogP contribution is -2.50. The third-order valence-corrected chi connectivity index (χ3v) is 20.0. The number of carbonyl (C=O) groups excluding carboxylic acids is 7. The lowest BCUT2D eigenvalue weighted by atomic mass is 10.00. The molecule has 10 bridgehead atoms. The molecule has 7 amide bonds. The van der Waals surface area contributed by atoms with E-state index in [9.17, 15) is 48.9 Å². The molecule has 32 heteroatoms. The Labute approximate surface area is 534 Å². The number of nitrogens with zero attached hydrogens (tertiary/aromatic N) is 8. The van der Waals surface area contributed by atoms with E-state index in [-0.39, 0.29) is 70.9 Å². The number of ether oxygens (including phenoxy) is 1. The number of hydrogen-bond acceptors (Lipinski definition) is 24. The maximum atomic E-state index is 15.3. The predicted octanol–water partition coefficient (Wildman–Crippen LogP) is 6.99. The third kappa shape index (κ3) is 13.8. The largest absolute Gasteiger partial charge is 0.508 e. The van der Waals surface area contributed by atoms with Crippen molar-refractivity contribution < 1.29 is 58.4 Å². The van der Waals surface area contributed by atoms with Gasteiger partial charge in [-0.2, -0.15) is 0 Å². The number of phenols is 1. The Morgan fingerprint density at radius 1 is 0.700 bits per heavy atom. The van der Waals surface area contributed by atoms with Gasteiger partial charge in [-0.25, -0.2) is 39.7 Å². The molecule has 2 aliphatic rings. The first-order chi connectivity index (χ1) is 43.2. The number of hydrogen-bond donors (Lipinski definition) is 9. The molecule has 11 rings (SSSR count). The first-order valence-corrected chi connectivity index (χ1v) is 32.7.